The number of aliphatic hydroxyl groups is 2. The number of hydrogen-bond acceptors (Lipinski definition) is 14. The van der Waals surface area contributed by atoms with E-state index in [1.54, 1.807) is 41.4 Å². The number of ketones is 2. The first kappa shape index (κ1) is 64.0. The number of ether oxygens (including phenoxy) is 5. The number of hydrogen-bond donors (Lipinski definition) is 2. The number of piperidine rings is 1. The number of benzene rings is 1. The molecule has 1 aliphatic carbocycles. The van der Waals surface area contributed by atoms with Gasteiger partial charge in [-0.3, -0.25) is 18.9 Å². The molecule has 2 saturated heterocycles. The van der Waals surface area contributed by atoms with E-state index in [4.69, 9.17) is 28.2 Å². The largest absolute Gasteiger partial charge is 0.461 e. The van der Waals surface area contributed by atoms with Crippen LogP contribution in [0.2, 0.25) is 0 Å². The molecule has 15 nitrogen and oxygen atoms in total. The summed E-state index contributed by atoms with van der Waals surface area (Å²) in [5.41, 5.74) is 2.55. The molecule has 0 aromatic heterocycles. The smallest absolute Gasteiger partial charge is 0.329 e. The molecule has 1 aromatic rings. The van der Waals surface area contributed by atoms with Crippen LogP contribution in [0.25, 0.3) is 0 Å². The molecule has 77 heavy (non-hydrogen) atoms. The summed E-state index contributed by atoms with van der Waals surface area (Å²) in [5, 5.41) is 24.1. The molecule has 15 atom stereocenters. The van der Waals surface area contributed by atoms with Crippen molar-refractivity contribution in [3.8, 4) is 0 Å². The average Bonchev–Trinajstić information content (AvgIpc) is 3.41. The zero-order valence-electron chi connectivity index (χ0n) is 48.5. The Labute approximate surface area is 461 Å². The van der Waals surface area contributed by atoms with Crippen LogP contribution < -0.4 is 4.90 Å². The van der Waals surface area contributed by atoms with Crippen LogP contribution in [0, 0.1) is 35.5 Å². The van der Waals surface area contributed by atoms with Crippen LogP contribution in [0.15, 0.2) is 77.9 Å². The third-order valence-electron chi connectivity index (χ3n) is 16.6. The molecule has 1 saturated carbocycles. The minimum absolute atomic E-state index is 0.0358. The van der Waals surface area contributed by atoms with E-state index in [1.807, 2.05) is 81.5 Å². The third kappa shape index (κ3) is 18.1. The van der Waals surface area contributed by atoms with Gasteiger partial charge >= 0.3 is 5.97 Å². The SMILES string of the molecule is COCCN(c1ccccc1)[C@@H]1C[C@@H]2CCC(C)C(O)(O2)C(=O)C(=O)N2CCCCC2C(=O)O[C@H]([C@H](C)CC2CC[C@@H](OP(C)(C)=O)C(OC)C2)CC[C@H](C)/C=C(\C)C(O)[C@@H](OC)C(=O)C(C)C[C@H](C)/C=C/C=C/C=C/1C. The van der Waals surface area contributed by atoms with Gasteiger partial charge in [0.25, 0.3) is 11.7 Å². The van der Waals surface area contributed by atoms with E-state index in [9.17, 15) is 34.0 Å². The molecule has 3 heterocycles. The summed E-state index contributed by atoms with van der Waals surface area (Å²) in [6.45, 7) is 17.9. The highest BCUT2D eigenvalue weighted by Crippen LogP contribution is 2.45. The Kier molecular flexibility index (Phi) is 25.1. The summed E-state index contributed by atoms with van der Waals surface area (Å²) >= 11 is 0. The molecule has 7 unspecified atom stereocenters. The summed E-state index contributed by atoms with van der Waals surface area (Å²) < 4.78 is 48.9. The zero-order chi connectivity index (χ0) is 56.6. The molecule has 0 spiro atoms. The molecule has 5 rings (SSSR count). The number of anilines is 1. The van der Waals surface area contributed by atoms with Gasteiger partial charge in [-0.2, -0.15) is 0 Å². The first-order valence-corrected chi connectivity index (χ1v) is 31.0. The molecule has 1 aromatic carbocycles. The molecular formula is C61H95N2O13P. The number of allylic oxidation sites excluding steroid dienone is 6. The lowest BCUT2D eigenvalue weighted by atomic mass is 9.78. The Bertz CT molecular complexity index is 2250. The van der Waals surface area contributed by atoms with E-state index in [1.165, 1.54) is 12.0 Å². The van der Waals surface area contributed by atoms with Gasteiger partial charge in [0.2, 0.25) is 5.79 Å². The van der Waals surface area contributed by atoms with Gasteiger partial charge in [0.15, 0.2) is 13.2 Å². The fraction of sp³-hybridized carbons (Fsp3) is 0.705. The highest BCUT2D eigenvalue weighted by atomic mass is 31.2. The Hall–Kier alpha value is -3.79. The predicted octanol–water partition coefficient (Wildman–Crippen LogP) is 10.1. The van der Waals surface area contributed by atoms with Gasteiger partial charge < -0.3 is 48.2 Å². The van der Waals surface area contributed by atoms with Crippen molar-refractivity contribution < 1.29 is 62.2 Å². The number of nitrogens with zero attached hydrogens (tertiary/aromatic N) is 2. The molecule has 16 heteroatoms. The number of methoxy groups -OCH3 is 3. The zero-order valence-corrected chi connectivity index (χ0v) is 49.4. The second kappa shape index (κ2) is 30.1. The molecule has 2 bridgehead atoms. The van der Waals surface area contributed by atoms with Crippen molar-refractivity contribution >= 4 is 36.5 Å². The molecule has 4 aliphatic rings. The fourth-order valence-electron chi connectivity index (χ4n) is 12.1. The Morgan fingerprint density at radius 1 is 0.831 bits per heavy atom. The molecule has 1 amide bonds. The van der Waals surface area contributed by atoms with Gasteiger partial charge in [-0.25, -0.2) is 4.79 Å². The Balaban J connectivity index is 1.51. The number of para-hydroxylation sites is 1. The molecule has 3 aliphatic heterocycles. The highest BCUT2D eigenvalue weighted by molar-refractivity contribution is 7.57. The maximum Gasteiger partial charge on any atom is 0.329 e. The van der Waals surface area contributed by atoms with Crippen LogP contribution in [-0.4, -0.2) is 147 Å². The van der Waals surface area contributed by atoms with Crippen molar-refractivity contribution in [2.45, 2.75) is 186 Å². The second-order valence-electron chi connectivity index (χ2n) is 23.3. The highest BCUT2D eigenvalue weighted by Gasteiger charge is 2.53. The monoisotopic (exact) mass is 1090 g/mol. The van der Waals surface area contributed by atoms with Gasteiger partial charge in [0.05, 0.1) is 31.0 Å². The Morgan fingerprint density at radius 3 is 2.23 bits per heavy atom. The maximum atomic E-state index is 14.7. The number of carbonyl (C=O) groups is 4. The summed E-state index contributed by atoms with van der Waals surface area (Å²) in [6.07, 6.45) is 15.2. The van der Waals surface area contributed by atoms with Crippen LogP contribution >= 0.6 is 7.37 Å². The van der Waals surface area contributed by atoms with Crippen LogP contribution in [0.1, 0.15) is 132 Å². The van der Waals surface area contributed by atoms with Crippen molar-refractivity contribution in [3.63, 3.8) is 0 Å². The van der Waals surface area contributed by atoms with Gasteiger partial charge in [-0.15, -0.1) is 0 Å². The normalized spacial score (nSPS) is 36.1. The molecule has 0 radical (unpaired) electrons. The van der Waals surface area contributed by atoms with E-state index >= 15 is 0 Å². The van der Waals surface area contributed by atoms with E-state index in [0.29, 0.717) is 89.4 Å². The number of rotatable bonds is 12. The van der Waals surface area contributed by atoms with Crippen molar-refractivity contribution in [2.24, 2.45) is 35.5 Å². The lowest BCUT2D eigenvalue weighted by Crippen LogP contribution is -2.61. The van der Waals surface area contributed by atoms with E-state index in [-0.39, 0.29) is 60.7 Å². The minimum atomic E-state index is -2.76. The second-order valence-corrected chi connectivity index (χ2v) is 26.0. The standard InChI is InChI=1S/C61H95N2O13P/c1-40-21-15-13-16-22-42(3)51(62(33-34-71-8)48-23-17-14-18-24-48)39-49-29-27-46(7)61(69,75-49)58(66)59(67)63-32-20-19-25-50(63)60(68)74-52(43(4)37-47-28-31-53(54(38-47)72-9)76-77(11,12)70)30-26-41(2)36-45(6)56(65)57(73-10)55(64)44(5)35-40/h13-18,21-24,36,40-41,43-44,46-47,49-54,56-57,65,69H,19-20,25-35,37-39H2,1-12H3/b16-13+,21-15+,42-22+,45-36+/t40-,41+,43-,44?,46?,47?,49+,50?,51-,52+,53-,54?,56?,57+,61?/m1/s1. The van der Waals surface area contributed by atoms with Gasteiger partial charge in [-0.05, 0) is 139 Å². The number of Topliss-reactive ketones (excluding diaryl/α,β-unsaturated/α-hetero) is 2. The first-order valence-electron chi connectivity index (χ1n) is 28.5. The molecule has 432 valence electrons. The van der Waals surface area contributed by atoms with Crippen molar-refractivity contribution in [1.29, 1.82) is 0 Å². The number of fused-ring (bicyclic) bond motifs is 3. The number of carbonyl (C=O) groups excluding carboxylic acids is 4. The number of amides is 1. The summed E-state index contributed by atoms with van der Waals surface area (Å²) in [6, 6.07) is 8.65. The number of aliphatic hydroxyl groups excluding tert-OH is 1. The number of esters is 1. The lowest BCUT2D eigenvalue weighted by molar-refractivity contribution is -0.263. The van der Waals surface area contributed by atoms with Crippen LogP contribution in [0.5, 0.6) is 0 Å². The van der Waals surface area contributed by atoms with E-state index in [2.05, 4.69) is 24.8 Å². The van der Waals surface area contributed by atoms with E-state index < -0.39 is 73.1 Å². The first-order chi connectivity index (χ1) is 36.5. The summed E-state index contributed by atoms with van der Waals surface area (Å²) in [5.74, 6) is -6.39. The van der Waals surface area contributed by atoms with Gasteiger partial charge in [0, 0.05) is 65.3 Å². The summed E-state index contributed by atoms with van der Waals surface area (Å²) in [7, 11) is 1.99. The fourth-order valence-corrected chi connectivity index (χ4v) is 13.0. The topological polar surface area (TPSA) is 188 Å². The maximum absolute atomic E-state index is 14.7. The molecule has 3 fully saturated rings. The van der Waals surface area contributed by atoms with E-state index in [0.717, 1.165) is 17.7 Å². The van der Waals surface area contributed by atoms with Crippen LogP contribution in [0.3, 0.4) is 0 Å². The van der Waals surface area contributed by atoms with Crippen LogP contribution in [-0.2, 0) is 52.0 Å². The quantitative estimate of drug-likeness (QED) is 0.0871. The number of cyclic esters (lactones) is 1. The van der Waals surface area contributed by atoms with Crippen molar-refractivity contribution in [1.82, 2.24) is 4.90 Å². The third-order valence-corrected chi connectivity index (χ3v) is 17.4. The predicted molar refractivity (Wildman–Crippen MR) is 302 cm³/mol. The molecule has 2 N–H and O–H groups in total. The Morgan fingerprint density at radius 2 is 1.56 bits per heavy atom. The van der Waals surface area contributed by atoms with Crippen LogP contribution in [0.4, 0.5) is 5.69 Å². The molecular weight excluding hydrogens is 1000 g/mol. The van der Waals surface area contributed by atoms with Crippen molar-refractivity contribution in [3.05, 3.63) is 77.9 Å². The average molecular weight is 1100 g/mol. The van der Waals surface area contributed by atoms with Gasteiger partial charge in [0.1, 0.15) is 24.4 Å². The van der Waals surface area contributed by atoms with Gasteiger partial charge in [-0.1, -0.05) is 94.8 Å². The minimum Gasteiger partial charge on any atom is -0.461 e. The van der Waals surface area contributed by atoms with Crippen molar-refractivity contribution in [2.75, 3.05) is 59.3 Å². The lowest BCUT2D eigenvalue weighted by Gasteiger charge is -2.44. The summed E-state index contributed by atoms with van der Waals surface area (Å²) in [4.78, 5) is 61.5.